The van der Waals surface area contributed by atoms with Crippen LogP contribution in [0.3, 0.4) is 0 Å². The Morgan fingerprint density at radius 1 is 1.14 bits per heavy atom. The average Bonchev–Trinajstić information content (AvgIpc) is 2.44. The van der Waals surface area contributed by atoms with Gasteiger partial charge in [0.25, 0.3) is 0 Å². The summed E-state index contributed by atoms with van der Waals surface area (Å²) >= 11 is 0. The van der Waals surface area contributed by atoms with Crippen molar-refractivity contribution in [3.63, 3.8) is 0 Å². The van der Waals surface area contributed by atoms with Crippen LogP contribution >= 0.6 is 0 Å². The number of esters is 1. The van der Waals surface area contributed by atoms with E-state index >= 15 is 0 Å². The van der Waals surface area contributed by atoms with E-state index in [4.69, 9.17) is 4.74 Å². The van der Waals surface area contributed by atoms with Crippen molar-refractivity contribution >= 4 is 15.8 Å². The van der Waals surface area contributed by atoms with Crippen LogP contribution in [0.15, 0.2) is 30.3 Å². The molecule has 2 atom stereocenters. The van der Waals surface area contributed by atoms with Gasteiger partial charge < -0.3 is 4.74 Å². The Morgan fingerprint density at radius 3 is 2.33 bits per heavy atom. The maximum atomic E-state index is 12.0. The third-order valence-electron chi connectivity index (χ3n) is 3.37. The molecule has 0 aromatic heterocycles. The van der Waals surface area contributed by atoms with Gasteiger partial charge in [-0.05, 0) is 11.5 Å². The SMILES string of the molecule is CCC(C)CS(=O)(=O)CC(C)C(=O)OCc1ccccc1. The number of ether oxygens (including phenoxy) is 1. The molecule has 4 nitrogen and oxygen atoms in total. The van der Waals surface area contributed by atoms with Gasteiger partial charge in [0.1, 0.15) is 6.61 Å². The maximum Gasteiger partial charge on any atom is 0.310 e. The Labute approximate surface area is 127 Å². The lowest BCUT2D eigenvalue weighted by molar-refractivity contribution is -0.148. The van der Waals surface area contributed by atoms with Crippen molar-refractivity contribution in [3.8, 4) is 0 Å². The summed E-state index contributed by atoms with van der Waals surface area (Å²) in [6.07, 6.45) is 0.812. The second-order valence-electron chi connectivity index (χ2n) is 5.58. The lowest BCUT2D eigenvalue weighted by Crippen LogP contribution is -2.26. The molecule has 0 N–H and O–H groups in total. The number of rotatable bonds is 8. The fraction of sp³-hybridized carbons (Fsp3) is 0.562. The van der Waals surface area contributed by atoms with Gasteiger partial charge in [-0.2, -0.15) is 0 Å². The van der Waals surface area contributed by atoms with Crippen LogP contribution in [0.5, 0.6) is 0 Å². The smallest absolute Gasteiger partial charge is 0.310 e. The zero-order valence-electron chi connectivity index (χ0n) is 12.9. The van der Waals surface area contributed by atoms with Crippen LogP contribution in [0.2, 0.25) is 0 Å². The third kappa shape index (κ3) is 6.76. The Kier molecular flexibility index (Phi) is 6.89. The number of sulfone groups is 1. The molecule has 0 aliphatic carbocycles. The molecule has 0 saturated carbocycles. The van der Waals surface area contributed by atoms with Crippen molar-refractivity contribution in [2.75, 3.05) is 11.5 Å². The molecule has 0 saturated heterocycles. The summed E-state index contributed by atoms with van der Waals surface area (Å²) in [4.78, 5) is 11.9. The van der Waals surface area contributed by atoms with Gasteiger partial charge in [-0.25, -0.2) is 8.42 Å². The van der Waals surface area contributed by atoms with Gasteiger partial charge >= 0.3 is 5.97 Å². The van der Waals surface area contributed by atoms with Crippen molar-refractivity contribution in [2.45, 2.75) is 33.8 Å². The minimum absolute atomic E-state index is 0.113. The normalized spacial score (nSPS) is 14.4. The number of hydrogen-bond acceptors (Lipinski definition) is 4. The van der Waals surface area contributed by atoms with Crippen LogP contribution < -0.4 is 0 Å². The lowest BCUT2D eigenvalue weighted by Gasteiger charge is -2.14. The van der Waals surface area contributed by atoms with E-state index in [1.54, 1.807) is 6.92 Å². The number of carbonyl (C=O) groups excluding carboxylic acids is 1. The second-order valence-corrected chi connectivity index (χ2v) is 7.74. The molecule has 0 aliphatic heterocycles. The molecule has 1 aromatic rings. The van der Waals surface area contributed by atoms with Crippen LogP contribution in [0, 0.1) is 11.8 Å². The summed E-state index contributed by atoms with van der Waals surface area (Å²) < 4.78 is 29.1. The van der Waals surface area contributed by atoms with Crippen LogP contribution in [0.4, 0.5) is 0 Å². The molecular weight excluding hydrogens is 288 g/mol. The zero-order chi connectivity index (χ0) is 15.9. The first-order chi connectivity index (χ1) is 9.84. The first kappa shape index (κ1) is 17.7. The molecule has 1 aromatic carbocycles. The van der Waals surface area contributed by atoms with Gasteiger partial charge in [0.15, 0.2) is 9.84 Å². The van der Waals surface area contributed by atoms with Crippen molar-refractivity contribution in [1.29, 1.82) is 0 Å². The van der Waals surface area contributed by atoms with Crippen LogP contribution in [-0.2, 0) is 26.0 Å². The summed E-state index contributed by atoms with van der Waals surface area (Å²) in [5.74, 6) is -1.01. The molecule has 0 aliphatic rings. The molecular formula is C16H24O4S. The fourth-order valence-electron chi connectivity index (χ4n) is 1.94. The van der Waals surface area contributed by atoms with Crippen LogP contribution in [0.25, 0.3) is 0 Å². The number of hydrogen-bond donors (Lipinski definition) is 0. The molecule has 0 bridgehead atoms. The highest BCUT2D eigenvalue weighted by Gasteiger charge is 2.24. The summed E-state index contributed by atoms with van der Waals surface area (Å²) in [5.41, 5.74) is 0.889. The standard InChI is InChI=1S/C16H24O4S/c1-4-13(2)11-21(18,19)12-14(3)16(17)20-10-15-8-6-5-7-9-15/h5-9,13-14H,4,10-12H2,1-3H3. The fourth-order valence-corrected chi connectivity index (χ4v) is 4.08. The summed E-state index contributed by atoms with van der Waals surface area (Å²) in [6, 6.07) is 9.33. The van der Waals surface area contributed by atoms with Gasteiger partial charge in [-0.1, -0.05) is 57.5 Å². The largest absolute Gasteiger partial charge is 0.461 e. The Morgan fingerprint density at radius 2 is 1.76 bits per heavy atom. The summed E-state index contributed by atoms with van der Waals surface area (Å²) in [7, 11) is -3.22. The van der Waals surface area contributed by atoms with Gasteiger partial charge in [0.2, 0.25) is 0 Å². The second kappa shape index (κ2) is 8.17. The van der Waals surface area contributed by atoms with E-state index in [-0.39, 0.29) is 24.0 Å². The first-order valence-corrected chi connectivity index (χ1v) is 9.07. The zero-order valence-corrected chi connectivity index (χ0v) is 13.7. The summed E-state index contributed by atoms with van der Waals surface area (Å²) in [5, 5.41) is 0. The molecule has 118 valence electrons. The molecule has 0 radical (unpaired) electrons. The molecule has 0 fully saturated rings. The summed E-state index contributed by atoms with van der Waals surface area (Å²) in [6.45, 7) is 5.63. The average molecular weight is 312 g/mol. The maximum absolute atomic E-state index is 12.0. The predicted molar refractivity (Wildman–Crippen MR) is 83.5 cm³/mol. The van der Waals surface area contributed by atoms with E-state index in [2.05, 4.69) is 0 Å². The van der Waals surface area contributed by atoms with Gasteiger partial charge in [0, 0.05) is 0 Å². The molecule has 21 heavy (non-hydrogen) atoms. The highest BCUT2D eigenvalue weighted by atomic mass is 32.2. The van der Waals surface area contributed by atoms with Gasteiger partial charge in [-0.15, -0.1) is 0 Å². The van der Waals surface area contributed by atoms with Crippen molar-refractivity contribution < 1.29 is 17.9 Å². The van der Waals surface area contributed by atoms with E-state index in [9.17, 15) is 13.2 Å². The minimum Gasteiger partial charge on any atom is -0.461 e. The van der Waals surface area contributed by atoms with E-state index in [1.807, 2.05) is 44.2 Å². The topological polar surface area (TPSA) is 60.4 Å². The highest BCUT2D eigenvalue weighted by molar-refractivity contribution is 7.91. The first-order valence-electron chi connectivity index (χ1n) is 7.25. The molecule has 5 heteroatoms. The van der Waals surface area contributed by atoms with E-state index < -0.39 is 21.7 Å². The number of benzene rings is 1. The van der Waals surface area contributed by atoms with Crippen LogP contribution in [-0.4, -0.2) is 25.9 Å². The predicted octanol–water partition coefficient (Wildman–Crippen LogP) is 2.83. The molecule has 0 heterocycles. The van der Waals surface area contributed by atoms with E-state index in [1.165, 1.54) is 0 Å². The molecule has 2 unspecified atom stereocenters. The van der Waals surface area contributed by atoms with E-state index in [0.717, 1.165) is 12.0 Å². The number of carbonyl (C=O) groups is 1. The van der Waals surface area contributed by atoms with Crippen molar-refractivity contribution in [3.05, 3.63) is 35.9 Å². The van der Waals surface area contributed by atoms with Crippen molar-refractivity contribution in [1.82, 2.24) is 0 Å². The molecule has 1 rings (SSSR count). The highest BCUT2D eigenvalue weighted by Crippen LogP contribution is 2.12. The van der Waals surface area contributed by atoms with E-state index in [0.29, 0.717) is 0 Å². The Balaban J connectivity index is 2.47. The lowest BCUT2D eigenvalue weighted by atomic mass is 10.2. The molecule has 0 amide bonds. The minimum atomic E-state index is -3.22. The van der Waals surface area contributed by atoms with Gasteiger partial charge in [-0.3, -0.25) is 4.79 Å². The third-order valence-corrected chi connectivity index (χ3v) is 5.45. The molecule has 0 spiro atoms. The Hall–Kier alpha value is -1.36. The van der Waals surface area contributed by atoms with Crippen molar-refractivity contribution in [2.24, 2.45) is 11.8 Å². The quantitative estimate of drug-likeness (QED) is 0.693. The monoisotopic (exact) mass is 312 g/mol. The van der Waals surface area contributed by atoms with Crippen LogP contribution in [0.1, 0.15) is 32.8 Å². The Bertz CT molecular complexity index is 537. The van der Waals surface area contributed by atoms with Gasteiger partial charge in [0.05, 0.1) is 17.4 Å².